The van der Waals surface area contributed by atoms with Crippen LogP contribution in [0.3, 0.4) is 0 Å². The van der Waals surface area contributed by atoms with Crippen molar-refractivity contribution in [3.8, 4) is 0 Å². The first-order valence-corrected chi connectivity index (χ1v) is 6.95. The SMILES string of the molecule is COC(=O)C(O)(C(Cl)C(=O)Nc1ccc(Br)cc1F)C(F)(F)F. The number of ether oxygens (including phenoxy) is 1. The molecular formula is C12H9BrClF4NO4. The van der Waals surface area contributed by atoms with Gasteiger partial charge in [-0.05, 0) is 18.2 Å². The molecule has 0 heterocycles. The van der Waals surface area contributed by atoms with E-state index < -0.39 is 40.5 Å². The van der Waals surface area contributed by atoms with Gasteiger partial charge in [0.2, 0.25) is 5.91 Å². The quantitative estimate of drug-likeness (QED) is 0.444. The third-order valence-electron chi connectivity index (χ3n) is 2.71. The minimum atomic E-state index is -5.60. The lowest BCUT2D eigenvalue weighted by Crippen LogP contribution is -2.62. The van der Waals surface area contributed by atoms with Gasteiger partial charge in [0.05, 0.1) is 12.8 Å². The zero-order valence-corrected chi connectivity index (χ0v) is 13.6. The van der Waals surface area contributed by atoms with Gasteiger partial charge in [0, 0.05) is 4.47 Å². The predicted octanol–water partition coefficient (Wildman–Crippen LogP) is 2.60. The standard InChI is InChI=1S/C12H9BrClF4NO4/c1-23-10(21)11(22,12(16,17)18)8(14)9(20)19-7-3-2-5(13)4-6(7)15/h2-4,8,22H,1H3,(H,19,20). The lowest BCUT2D eigenvalue weighted by molar-refractivity contribution is -0.260. The first kappa shape index (κ1) is 19.7. The van der Waals surface area contributed by atoms with Gasteiger partial charge in [-0.1, -0.05) is 15.9 Å². The van der Waals surface area contributed by atoms with Crippen LogP contribution in [0.25, 0.3) is 0 Å². The Morgan fingerprint density at radius 3 is 2.39 bits per heavy atom. The molecular weight excluding hydrogens is 413 g/mol. The number of aliphatic hydroxyl groups is 1. The third kappa shape index (κ3) is 3.93. The number of halogens is 6. The number of rotatable bonds is 4. The van der Waals surface area contributed by atoms with Crippen LogP contribution in [0, 0.1) is 5.82 Å². The molecule has 0 fully saturated rings. The molecule has 0 aliphatic heterocycles. The molecule has 0 spiro atoms. The average Bonchev–Trinajstić information content (AvgIpc) is 2.46. The molecule has 0 bridgehead atoms. The summed E-state index contributed by atoms with van der Waals surface area (Å²) in [6.45, 7) is 0. The minimum Gasteiger partial charge on any atom is -0.467 e. The molecule has 2 unspecified atom stereocenters. The van der Waals surface area contributed by atoms with Crippen molar-refractivity contribution < 1.29 is 37.0 Å². The monoisotopic (exact) mass is 421 g/mol. The number of carbonyl (C=O) groups excluding carboxylic acids is 2. The molecule has 0 aliphatic carbocycles. The lowest BCUT2D eigenvalue weighted by Gasteiger charge is -2.30. The molecule has 5 nitrogen and oxygen atoms in total. The number of methoxy groups -OCH3 is 1. The van der Waals surface area contributed by atoms with Gasteiger partial charge in [0.1, 0.15) is 5.82 Å². The fraction of sp³-hybridized carbons (Fsp3) is 0.333. The molecule has 2 N–H and O–H groups in total. The number of benzene rings is 1. The first-order chi connectivity index (χ1) is 10.4. The Morgan fingerprint density at radius 1 is 1.39 bits per heavy atom. The van der Waals surface area contributed by atoms with E-state index in [1.807, 2.05) is 0 Å². The molecule has 0 aliphatic rings. The summed E-state index contributed by atoms with van der Waals surface area (Å²) in [7, 11) is 0.578. The number of hydrogen-bond acceptors (Lipinski definition) is 4. The van der Waals surface area contributed by atoms with E-state index in [0.717, 1.165) is 12.1 Å². The van der Waals surface area contributed by atoms with Crippen molar-refractivity contribution >= 4 is 45.1 Å². The van der Waals surface area contributed by atoms with Crippen molar-refractivity contribution in [1.82, 2.24) is 0 Å². The number of nitrogens with one attached hydrogen (secondary N) is 1. The Bertz CT molecular complexity index is 628. The van der Waals surface area contributed by atoms with Crippen LogP contribution >= 0.6 is 27.5 Å². The second kappa shape index (κ2) is 7.02. The molecule has 1 aromatic carbocycles. The number of esters is 1. The summed E-state index contributed by atoms with van der Waals surface area (Å²) in [4.78, 5) is 23.0. The Kier molecular flexibility index (Phi) is 6.00. The van der Waals surface area contributed by atoms with E-state index in [0.29, 0.717) is 11.6 Å². The van der Waals surface area contributed by atoms with Crippen LogP contribution in [0.15, 0.2) is 22.7 Å². The van der Waals surface area contributed by atoms with Gasteiger partial charge in [-0.2, -0.15) is 13.2 Å². The van der Waals surface area contributed by atoms with E-state index in [1.165, 1.54) is 6.07 Å². The van der Waals surface area contributed by atoms with Crippen molar-refractivity contribution in [3.63, 3.8) is 0 Å². The van der Waals surface area contributed by atoms with Crippen molar-refractivity contribution in [2.45, 2.75) is 17.2 Å². The highest BCUT2D eigenvalue weighted by molar-refractivity contribution is 9.10. The number of amides is 1. The summed E-state index contributed by atoms with van der Waals surface area (Å²) >= 11 is 8.26. The van der Waals surface area contributed by atoms with E-state index in [-0.39, 0.29) is 0 Å². The molecule has 0 saturated heterocycles. The summed E-state index contributed by atoms with van der Waals surface area (Å²) in [5.74, 6) is -4.78. The van der Waals surface area contributed by atoms with Crippen LogP contribution in [-0.2, 0) is 14.3 Å². The molecule has 128 valence electrons. The molecule has 0 radical (unpaired) electrons. The molecule has 0 aromatic heterocycles. The second-order valence-corrected chi connectivity index (χ2v) is 5.58. The van der Waals surface area contributed by atoms with E-state index in [9.17, 15) is 32.3 Å². The normalized spacial score (nSPS) is 15.5. The van der Waals surface area contributed by atoms with Crippen molar-refractivity contribution in [2.24, 2.45) is 0 Å². The fourth-order valence-electron chi connectivity index (χ4n) is 1.50. The Balaban J connectivity index is 3.12. The van der Waals surface area contributed by atoms with E-state index in [2.05, 4.69) is 20.7 Å². The summed E-state index contributed by atoms with van der Waals surface area (Å²) in [5, 5.41) is 8.51. The molecule has 2 atom stereocenters. The van der Waals surface area contributed by atoms with Crippen LogP contribution in [-0.4, -0.2) is 41.2 Å². The maximum Gasteiger partial charge on any atom is 0.430 e. The zero-order chi connectivity index (χ0) is 18.0. The van der Waals surface area contributed by atoms with Gasteiger partial charge in [0.15, 0.2) is 5.38 Å². The average molecular weight is 423 g/mol. The molecule has 0 saturated carbocycles. The highest BCUT2D eigenvalue weighted by atomic mass is 79.9. The highest BCUT2D eigenvalue weighted by Gasteiger charge is 2.67. The summed E-state index contributed by atoms with van der Waals surface area (Å²) in [5.41, 5.74) is -4.78. The van der Waals surface area contributed by atoms with Gasteiger partial charge in [-0.3, -0.25) is 4.79 Å². The van der Waals surface area contributed by atoms with Crippen LogP contribution in [0.2, 0.25) is 0 Å². The molecule has 1 rings (SSSR count). The van der Waals surface area contributed by atoms with Gasteiger partial charge in [-0.15, -0.1) is 11.6 Å². The van der Waals surface area contributed by atoms with Gasteiger partial charge >= 0.3 is 12.1 Å². The molecule has 1 amide bonds. The smallest absolute Gasteiger partial charge is 0.430 e. The van der Waals surface area contributed by atoms with Crippen LogP contribution in [0.5, 0.6) is 0 Å². The zero-order valence-electron chi connectivity index (χ0n) is 11.2. The van der Waals surface area contributed by atoms with Crippen LogP contribution in [0.1, 0.15) is 0 Å². The number of carbonyl (C=O) groups is 2. The maximum absolute atomic E-state index is 13.6. The van der Waals surface area contributed by atoms with E-state index in [4.69, 9.17) is 11.6 Å². The minimum absolute atomic E-state index is 0.316. The van der Waals surface area contributed by atoms with Crippen molar-refractivity contribution in [1.29, 1.82) is 0 Å². The Labute approximate surface area is 140 Å². The van der Waals surface area contributed by atoms with Crippen LogP contribution < -0.4 is 5.32 Å². The molecule has 23 heavy (non-hydrogen) atoms. The largest absolute Gasteiger partial charge is 0.467 e. The van der Waals surface area contributed by atoms with Crippen molar-refractivity contribution in [3.05, 3.63) is 28.5 Å². The van der Waals surface area contributed by atoms with Crippen molar-refractivity contribution in [2.75, 3.05) is 12.4 Å². The third-order valence-corrected chi connectivity index (χ3v) is 3.72. The maximum atomic E-state index is 13.6. The Hall–Kier alpha value is -1.39. The summed E-state index contributed by atoms with van der Waals surface area (Å²) < 4.78 is 56.5. The van der Waals surface area contributed by atoms with Crippen LogP contribution in [0.4, 0.5) is 23.2 Å². The first-order valence-electron chi connectivity index (χ1n) is 5.72. The lowest BCUT2D eigenvalue weighted by atomic mass is 9.98. The molecule has 1 aromatic rings. The van der Waals surface area contributed by atoms with Gasteiger partial charge in [0.25, 0.3) is 5.60 Å². The topological polar surface area (TPSA) is 75.6 Å². The second-order valence-electron chi connectivity index (χ2n) is 4.23. The number of anilines is 1. The van der Waals surface area contributed by atoms with E-state index in [1.54, 1.807) is 5.32 Å². The number of hydrogen-bond donors (Lipinski definition) is 2. The molecule has 11 heteroatoms. The highest BCUT2D eigenvalue weighted by Crippen LogP contribution is 2.37. The van der Waals surface area contributed by atoms with Gasteiger partial charge < -0.3 is 15.2 Å². The fourth-order valence-corrected chi connectivity index (χ4v) is 2.10. The Morgan fingerprint density at radius 2 is 1.96 bits per heavy atom. The van der Waals surface area contributed by atoms with E-state index >= 15 is 0 Å². The summed E-state index contributed by atoms with van der Waals surface area (Å²) in [6.07, 6.45) is -5.60. The van der Waals surface area contributed by atoms with Gasteiger partial charge in [-0.25, -0.2) is 9.18 Å². The predicted molar refractivity (Wildman–Crippen MR) is 75.4 cm³/mol. The summed E-state index contributed by atoms with van der Waals surface area (Å²) in [6, 6.07) is 3.29. The number of alkyl halides is 4.